The molecule has 1 aromatic carbocycles. The topological polar surface area (TPSA) is 127 Å². The van der Waals surface area contributed by atoms with Crippen molar-refractivity contribution in [1.29, 1.82) is 0 Å². The number of nitro benzene ring substituents is 2. The zero-order valence-corrected chi connectivity index (χ0v) is 13.0. The average molecular weight is 346 g/mol. The second-order valence-electron chi connectivity index (χ2n) is 5.08. The Balaban J connectivity index is 0.00000264. The zero-order valence-electron chi connectivity index (χ0n) is 12.1. The molecule has 126 valence electrons. The summed E-state index contributed by atoms with van der Waals surface area (Å²) in [5, 5.41) is 31.5. The molecule has 0 saturated carbocycles. The minimum atomic E-state index is -1.44. The second-order valence-corrected chi connectivity index (χ2v) is 5.08. The number of aromatic carboxylic acids is 1. The Bertz CT molecular complexity index is 593. The Hall–Kier alpha value is -2.42. The van der Waals surface area contributed by atoms with E-state index in [2.05, 4.69) is 0 Å². The van der Waals surface area contributed by atoms with Gasteiger partial charge in [-0.05, 0) is 12.8 Å². The van der Waals surface area contributed by atoms with Crippen molar-refractivity contribution in [2.75, 3.05) is 18.0 Å². The zero-order chi connectivity index (χ0) is 16.3. The van der Waals surface area contributed by atoms with E-state index in [1.165, 1.54) is 0 Å². The fraction of sp³-hybridized carbons (Fsp3) is 0.462. The van der Waals surface area contributed by atoms with E-state index in [0.29, 0.717) is 13.1 Å². The van der Waals surface area contributed by atoms with Gasteiger partial charge in [0, 0.05) is 25.2 Å². The van der Waals surface area contributed by atoms with Gasteiger partial charge in [0.1, 0.15) is 0 Å². The molecular weight excluding hydrogens is 330 g/mol. The van der Waals surface area contributed by atoms with Crippen molar-refractivity contribution in [1.82, 2.24) is 0 Å². The quantitative estimate of drug-likeness (QED) is 0.656. The summed E-state index contributed by atoms with van der Waals surface area (Å²) in [6.07, 6.45) is 3.50. The van der Waals surface area contributed by atoms with Crippen molar-refractivity contribution < 1.29 is 19.7 Å². The average Bonchev–Trinajstić information content (AvgIpc) is 2.74. The van der Waals surface area contributed by atoms with E-state index in [1.807, 2.05) is 0 Å². The number of anilines is 1. The van der Waals surface area contributed by atoms with Crippen LogP contribution in [0.2, 0.25) is 0 Å². The molecule has 1 saturated heterocycles. The summed E-state index contributed by atoms with van der Waals surface area (Å²) in [6, 6.07) is 1.77. The lowest BCUT2D eigenvalue weighted by Crippen LogP contribution is -2.26. The number of benzene rings is 1. The molecule has 2 rings (SSSR count). The molecule has 9 nitrogen and oxygen atoms in total. The summed E-state index contributed by atoms with van der Waals surface area (Å²) in [4.78, 5) is 33.7. The minimum Gasteiger partial charge on any atom is -0.478 e. The molecule has 1 fully saturated rings. The Morgan fingerprint density at radius 3 is 1.78 bits per heavy atom. The molecule has 1 N–H and O–H groups in total. The van der Waals surface area contributed by atoms with E-state index in [9.17, 15) is 25.0 Å². The van der Waals surface area contributed by atoms with Crippen LogP contribution in [0.5, 0.6) is 0 Å². The molecule has 10 heteroatoms. The van der Waals surface area contributed by atoms with Gasteiger partial charge >= 0.3 is 17.3 Å². The maximum atomic E-state index is 11.3. The number of nitrogens with zero attached hydrogens (tertiary/aromatic N) is 3. The number of hydrogen-bond donors (Lipinski definition) is 1. The van der Waals surface area contributed by atoms with Gasteiger partial charge in [-0.15, -0.1) is 12.4 Å². The lowest BCUT2D eigenvalue weighted by Gasteiger charge is -2.22. The molecule has 0 radical (unpaired) electrons. The molecule has 0 aromatic heterocycles. The lowest BCUT2D eigenvalue weighted by molar-refractivity contribution is -0.392. The Kier molecular flexibility index (Phi) is 6.26. The SMILES string of the molecule is Cl.O=C(O)c1cc([N+](=O)[O-])c(N2CCCCCC2)c([N+](=O)[O-])c1. The van der Waals surface area contributed by atoms with Gasteiger partial charge in [0.25, 0.3) is 0 Å². The van der Waals surface area contributed by atoms with E-state index < -0.39 is 32.8 Å². The van der Waals surface area contributed by atoms with Gasteiger partial charge in [-0.2, -0.15) is 0 Å². The van der Waals surface area contributed by atoms with Crippen molar-refractivity contribution in [2.24, 2.45) is 0 Å². The highest BCUT2D eigenvalue weighted by molar-refractivity contribution is 5.92. The first-order valence-electron chi connectivity index (χ1n) is 6.87. The molecule has 0 unspecified atom stereocenters. The van der Waals surface area contributed by atoms with Gasteiger partial charge in [0.05, 0.1) is 15.4 Å². The summed E-state index contributed by atoms with van der Waals surface area (Å²) in [5.74, 6) is -1.44. The standard InChI is InChI=1S/C13H15N3O6.ClH/c17-13(18)9-7-10(15(19)20)12(11(8-9)16(21)22)14-5-3-1-2-4-6-14;/h7-8H,1-6H2,(H,17,18);1H. The number of carboxylic acid groups (broad SMARTS) is 1. The second kappa shape index (κ2) is 7.73. The van der Waals surface area contributed by atoms with Crippen molar-refractivity contribution in [3.63, 3.8) is 0 Å². The van der Waals surface area contributed by atoms with E-state index in [0.717, 1.165) is 37.8 Å². The Morgan fingerprint density at radius 1 is 1.00 bits per heavy atom. The highest BCUT2D eigenvalue weighted by atomic mass is 35.5. The van der Waals surface area contributed by atoms with Crippen LogP contribution in [0.25, 0.3) is 0 Å². The van der Waals surface area contributed by atoms with Crippen molar-refractivity contribution in [3.8, 4) is 0 Å². The maximum absolute atomic E-state index is 11.3. The van der Waals surface area contributed by atoms with Crippen LogP contribution in [0.15, 0.2) is 12.1 Å². The molecule has 1 heterocycles. The predicted octanol–water partition coefficient (Wildman–Crippen LogP) is 3.00. The first-order chi connectivity index (χ1) is 10.4. The predicted molar refractivity (Wildman–Crippen MR) is 84.6 cm³/mol. The van der Waals surface area contributed by atoms with Crippen molar-refractivity contribution in [3.05, 3.63) is 37.9 Å². The summed E-state index contributed by atoms with van der Waals surface area (Å²) in [5.41, 5.74) is -1.62. The summed E-state index contributed by atoms with van der Waals surface area (Å²) in [7, 11) is 0. The first-order valence-corrected chi connectivity index (χ1v) is 6.87. The van der Waals surface area contributed by atoms with Gasteiger partial charge in [0.2, 0.25) is 0 Å². The molecule has 1 aliphatic rings. The van der Waals surface area contributed by atoms with Gasteiger partial charge in [-0.3, -0.25) is 20.2 Å². The third-order valence-electron chi connectivity index (χ3n) is 3.63. The first kappa shape index (κ1) is 18.6. The fourth-order valence-electron chi connectivity index (χ4n) is 2.62. The van der Waals surface area contributed by atoms with Crippen LogP contribution in [0.3, 0.4) is 0 Å². The highest BCUT2D eigenvalue weighted by Gasteiger charge is 2.32. The molecule has 1 aliphatic heterocycles. The van der Waals surface area contributed by atoms with Crippen LogP contribution in [0.1, 0.15) is 36.0 Å². The van der Waals surface area contributed by atoms with Gasteiger partial charge in [0.15, 0.2) is 5.69 Å². The molecule has 0 spiro atoms. The number of nitro groups is 2. The van der Waals surface area contributed by atoms with Crippen LogP contribution < -0.4 is 4.90 Å². The summed E-state index contributed by atoms with van der Waals surface area (Å²) >= 11 is 0. The molecule has 0 amide bonds. The van der Waals surface area contributed by atoms with E-state index in [-0.39, 0.29) is 18.1 Å². The van der Waals surface area contributed by atoms with Crippen LogP contribution in [0, 0.1) is 20.2 Å². The largest absolute Gasteiger partial charge is 0.478 e. The van der Waals surface area contributed by atoms with Crippen molar-refractivity contribution >= 4 is 35.4 Å². The van der Waals surface area contributed by atoms with Crippen LogP contribution in [-0.2, 0) is 0 Å². The maximum Gasteiger partial charge on any atom is 0.336 e. The van der Waals surface area contributed by atoms with Gasteiger partial charge in [-0.1, -0.05) is 12.8 Å². The van der Waals surface area contributed by atoms with E-state index >= 15 is 0 Å². The molecular formula is C13H16ClN3O6. The molecule has 23 heavy (non-hydrogen) atoms. The molecule has 0 bridgehead atoms. The molecule has 0 aliphatic carbocycles. The van der Waals surface area contributed by atoms with Gasteiger partial charge < -0.3 is 10.0 Å². The third kappa shape index (κ3) is 4.07. The lowest BCUT2D eigenvalue weighted by atomic mass is 10.1. The smallest absolute Gasteiger partial charge is 0.336 e. The highest BCUT2D eigenvalue weighted by Crippen LogP contribution is 2.39. The summed E-state index contributed by atoms with van der Waals surface area (Å²) < 4.78 is 0. The minimum absolute atomic E-state index is 0. The Morgan fingerprint density at radius 2 is 1.43 bits per heavy atom. The fourth-order valence-corrected chi connectivity index (χ4v) is 2.62. The normalized spacial score (nSPS) is 14.5. The summed E-state index contributed by atoms with van der Waals surface area (Å²) in [6.45, 7) is 0.961. The van der Waals surface area contributed by atoms with E-state index in [4.69, 9.17) is 5.11 Å². The number of halogens is 1. The molecule has 1 aromatic rings. The third-order valence-corrected chi connectivity index (χ3v) is 3.63. The van der Waals surface area contributed by atoms with Crippen LogP contribution in [0.4, 0.5) is 17.1 Å². The van der Waals surface area contributed by atoms with Crippen LogP contribution in [-0.4, -0.2) is 34.0 Å². The number of rotatable bonds is 4. The molecule has 0 atom stereocenters. The Labute approximate surface area is 137 Å². The number of carbonyl (C=O) groups is 1. The van der Waals surface area contributed by atoms with E-state index in [1.54, 1.807) is 4.90 Å². The van der Waals surface area contributed by atoms with Crippen LogP contribution >= 0.6 is 12.4 Å². The van der Waals surface area contributed by atoms with Gasteiger partial charge in [-0.25, -0.2) is 4.79 Å². The monoisotopic (exact) mass is 345 g/mol. The van der Waals surface area contributed by atoms with Crippen molar-refractivity contribution in [2.45, 2.75) is 25.7 Å². The number of hydrogen-bond acceptors (Lipinski definition) is 6. The number of carboxylic acids is 1.